The number of carbonyl (C=O) groups excluding carboxylic acids is 1. The number of hydrogen-bond donors (Lipinski definition) is 1. The summed E-state index contributed by atoms with van der Waals surface area (Å²) in [4.78, 5) is 27.9. The molecule has 3 unspecified atom stereocenters. The number of amides is 1. The SMILES string of the molecule is CC(C)n1c(=O)n(C(=O)NCC2CN3CCC2C3)c2ccccc21. The Hall–Kier alpha value is -2.08. The quantitative estimate of drug-likeness (QED) is 0.936. The number of para-hydroxylation sites is 2. The van der Waals surface area contributed by atoms with Crippen LogP contribution in [-0.2, 0) is 0 Å². The van der Waals surface area contributed by atoms with Gasteiger partial charge in [-0.1, -0.05) is 12.1 Å². The van der Waals surface area contributed by atoms with Gasteiger partial charge in [-0.3, -0.25) is 4.57 Å². The Labute approximate surface area is 141 Å². The fourth-order valence-corrected chi connectivity index (χ4v) is 4.29. The summed E-state index contributed by atoms with van der Waals surface area (Å²) in [5.41, 5.74) is 1.21. The van der Waals surface area contributed by atoms with Gasteiger partial charge in [0, 0.05) is 25.7 Å². The van der Waals surface area contributed by atoms with Crippen molar-refractivity contribution in [3.8, 4) is 0 Å². The maximum absolute atomic E-state index is 12.8. The maximum Gasteiger partial charge on any atom is 0.337 e. The molecule has 2 bridgehead atoms. The predicted octanol–water partition coefficient (Wildman–Crippen LogP) is 1.89. The molecule has 6 heteroatoms. The smallest absolute Gasteiger partial charge is 0.337 e. The minimum atomic E-state index is -0.312. The third-order valence-corrected chi connectivity index (χ3v) is 5.48. The molecule has 3 atom stereocenters. The molecule has 3 heterocycles. The van der Waals surface area contributed by atoms with Crippen LogP contribution in [0.25, 0.3) is 11.0 Å². The molecular weight excluding hydrogens is 304 g/mol. The number of hydrogen-bond acceptors (Lipinski definition) is 3. The summed E-state index contributed by atoms with van der Waals surface area (Å²) in [6.07, 6.45) is 1.23. The fourth-order valence-electron chi connectivity index (χ4n) is 4.29. The van der Waals surface area contributed by atoms with Crippen LogP contribution in [0.3, 0.4) is 0 Å². The fraction of sp³-hybridized carbons (Fsp3) is 0.556. The third-order valence-electron chi connectivity index (χ3n) is 5.48. The second-order valence-electron chi connectivity index (χ2n) is 7.32. The zero-order valence-corrected chi connectivity index (χ0v) is 14.2. The van der Waals surface area contributed by atoms with E-state index in [4.69, 9.17) is 0 Å². The number of imidazole rings is 1. The van der Waals surface area contributed by atoms with Gasteiger partial charge in [0.25, 0.3) is 0 Å². The molecule has 0 radical (unpaired) electrons. The first-order valence-corrected chi connectivity index (χ1v) is 8.79. The second-order valence-corrected chi connectivity index (χ2v) is 7.32. The maximum atomic E-state index is 12.8. The highest BCUT2D eigenvalue weighted by Crippen LogP contribution is 2.32. The average Bonchev–Trinajstić information content (AvgIpc) is 3.24. The molecule has 2 aliphatic heterocycles. The summed E-state index contributed by atoms with van der Waals surface area (Å²) < 4.78 is 2.96. The molecule has 0 spiro atoms. The lowest BCUT2D eigenvalue weighted by molar-refractivity contribution is 0.235. The van der Waals surface area contributed by atoms with Crippen molar-refractivity contribution in [3.63, 3.8) is 0 Å². The topological polar surface area (TPSA) is 59.3 Å². The highest BCUT2D eigenvalue weighted by Gasteiger charge is 2.37. The molecule has 2 aliphatic rings. The number of rotatable bonds is 3. The molecule has 24 heavy (non-hydrogen) atoms. The Morgan fingerprint density at radius 1 is 1.25 bits per heavy atom. The number of piperidine rings is 1. The van der Waals surface area contributed by atoms with Gasteiger partial charge in [-0.05, 0) is 50.8 Å². The molecule has 1 aromatic carbocycles. The van der Waals surface area contributed by atoms with E-state index in [1.54, 1.807) is 4.57 Å². The van der Waals surface area contributed by atoms with Crippen LogP contribution >= 0.6 is 0 Å². The zero-order valence-electron chi connectivity index (χ0n) is 14.2. The molecule has 128 valence electrons. The predicted molar refractivity (Wildman–Crippen MR) is 93.4 cm³/mol. The molecule has 2 aromatic rings. The minimum absolute atomic E-state index is 0.00909. The van der Waals surface area contributed by atoms with Crippen LogP contribution < -0.4 is 11.0 Å². The van der Waals surface area contributed by atoms with E-state index >= 15 is 0 Å². The number of fused-ring (bicyclic) bond motifs is 3. The van der Waals surface area contributed by atoms with Crippen molar-refractivity contribution < 1.29 is 4.79 Å². The molecule has 1 N–H and O–H groups in total. The normalized spacial score (nSPS) is 25.7. The van der Waals surface area contributed by atoms with Crippen molar-refractivity contribution in [1.82, 2.24) is 19.4 Å². The van der Waals surface area contributed by atoms with E-state index < -0.39 is 0 Å². The van der Waals surface area contributed by atoms with Gasteiger partial charge in [-0.25, -0.2) is 14.2 Å². The number of nitrogens with zero attached hydrogens (tertiary/aromatic N) is 3. The highest BCUT2D eigenvalue weighted by molar-refractivity contribution is 5.89. The van der Waals surface area contributed by atoms with E-state index in [1.807, 2.05) is 38.1 Å². The van der Waals surface area contributed by atoms with Gasteiger partial charge < -0.3 is 10.2 Å². The van der Waals surface area contributed by atoms with Crippen LogP contribution in [0.5, 0.6) is 0 Å². The zero-order chi connectivity index (χ0) is 16.8. The van der Waals surface area contributed by atoms with E-state index in [0.717, 1.165) is 18.6 Å². The van der Waals surface area contributed by atoms with Crippen LogP contribution in [0.1, 0.15) is 26.3 Å². The van der Waals surface area contributed by atoms with Gasteiger partial charge >= 0.3 is 11.7 Å². The first-order valence-electron chi connectivity index (χ1n) is 8.79. The number of nitrogens with one attached hydrogen (secondary N) is 1. The standard InChI is InChI=1S/C18H24N4O2/c1-12(2)21-15-5-3-4-6-16(15)22(18(21)24)17(23)19-9-14-11-20-8-7-13(14)10-20/h3-6,12-14H,7-11H2,1-2H3,(H,19,23). The van der Waals surface area contributed by atoms with Gasteiger partial charge in [0.1, 0.15) is 0 Å². The van der Waals surface area contributed by atoms with Gasteiger partial charge in [0.15, 0.2) is 0 Å². The van der Waals surface area contributed by atoms with E-state index in [2.05, 4.69) is 10.2 Å². The summed E-state index contributed by atoms with van der Waals surface area (Å²) in [5, 5.41) is 3.00. The molecule has 0 saturated carbocycles. The Kier molecular flexibility index (Phi) is 3.72. The number of aromatic nitrogens is 2. The molecular formula is C18H24N4O2. The first kappa shape index (κ1) is 15.4. The monoisotopic (exact) mass is 328 g/mol. The van der Waals surface area contributed by atoms with Crippen LogP contribution in [0.4, 0.5) is 4.79 Å². The van der Waals surface area contributed by atoms with E-state index in [9.17, 15) is 9.59 Å². The first-order chi connectivity index (χ1) is 11.6. The van der Waals surface area contributed by atoms with Crippen molar-refractivity contribution in [3.05, 3.63) is 34.7 Å². The summed E-state index contributed by atoms with van der Waals surface area (Å²) >= 11 is 0. The average molecular weight is 328 g/mol. The molecule has 1 aromatic heterocycles. The van der Waals surface area contributed by atoms with Gasteiger partial charge in [-0.2, -0.15) is 0 Å². The van der Waals surface area contributed by atoms with Gasteiger partial charge in [-0.15, -0.1) is 0 Å². The van der Waals surface area contributed by atoms with Crippen molar-refractivity contribution in [2.75, 3.05) is 26.2 Å². The largest absolute Gasteiger partial charge is 0.337 e. The van der Waals surface area contributed by atoms with Crippen LogP contribution in [-0.4, -0.2) is 46.2 Å². The molecule has 1 amide bonds. The summed E-state index contributed by atoms with van der Waals surface area (Å²) in [5.74, 6) is 1.20. The summed E-state index contributed by atoms with van der Waals surface area (Å²) in [6.45, 7) is 7.98. The number of carbonyl (C=O) groups is 1. The number of benzene rings is 1. The Morgan fingerprint density at radius 2 is 2.00 bits per heavy atom. The molecule has 4 rings (SSSR count). The van der Waals surface area contributed by atoms with E-state index in [0.29, 0.717) is 23.9 Å². The van der Waals surface area contributed by atoms with Crippen molar-refractivity contribution in [2.45, 2.75) is 26.3 Å². The highest BCUT2D eigenvalue weighted by atomic mass is 16.2. The van der Waals surface area contributed by atoms with Crippen molar-refractivity contribution in [1.29, 1.82) is 0 Å². The lowest BCUT2D eigenvalue weighted by atomic mass is 9.93. The lowest BCUT2D eigenvalue weighted by Crippen LogP contribution is -2.41. The summed E-state index contributed by atoms with van der Waals surface area (Å²) in [7, 11) is 0. The lowest BCUT2D eigenvalue weighted by Gasteiger charge is -2.22. The summed E-state index contributed by atoms with van der Waals surface area (Å²) in [6, 6.07) is 7.18. The van der Waals surface area contributed by atoms with Crippen LogP contribution in [0, 0.1) is 11.8 Å². The molecule has 2 fully saturated rings. The van der Waals surface area contributed by atoms with Gasteiger partial charge in [0.05, 0.1) is 11.0 Å². The minimum Gasteiger partial charge on any atom is -0.337 e. The van der Waals surface area contributed by atoms with Crippen LogP contribution in [0.15, 0.2) is 29.1 Å². The Morgan fingerprint density at radius 3 is 2.62 bits per heavy atom. The third kappa shape index (κ3) is 2.36. The van der Waals surface area contributed by atoms with Crippen molar-refractivity contribution >= 4 is 17.1 Å². The van der Waals surface area contributed by atoms with E-state index in [1.165, 1.54) is 17.5 Å². The second kappa shape index (κ2) is 5.77. The molecule has 6 nitrogen and oxygen atoms in total. The molecule has 0 aliphatic carbocycles. The van der Waals surface area contributed by atoms with Crippen LogP contribution in [0.2, 0.25) is 0 Å². The van der Waals surface area contributed by atoms with Gasteiger partial charge in [0.2, 0.25) is 0 Å². The Balaban J connectivity index is 1.60. The Bertz CT molecular complexity index is 835. The molecule has 2 saturated heterocycles. The van der Waals surface area contributed by atoms with E-state index in [-0.39, 0.29) is 17.8 Å². The van der Waals surface area contributed by atoms with Crippen molar-refractivity contribution in [2.24, 2.45) is 11.8 Å².